The van der Waals surface area contributed by atoms with Crippen LogP contribution in [0.15, 0.2) is 12.1 Å². The third kappa shape index (κ3) is 2.05. The number of nitrogens with one attached hydrogen (secondary N) is 1. The second-order valence-corrected chi connectivity index (χ2v) is 4.10. The lowest BCUT2D eigenvalue weighted by Crippen LogP contribution is -2.39. The molecule has 1 aliphatic rings. The summed E-state index contributed by atoms with van der Waals surface area (Å²) in [4.78, 5) is 22.5. The molecule has 0 aromatic heterocycles. The number of benzene rings is 1. The van der Waals surface area contributed by atoms with Gasteiger partial charge < -0.3 is 0 Å². The number of carbonyl (C=O) groups is 2. The van der Waals surface area contributed by atoms with Crippen LogP contribution in [-0.2, 0) is 9.59 Å². The molecule has 3 nitrogen and oxygen atoms in total. The molecule has 1 saturated heterocycles. The van der Waals surface area contributed by atoms with Crippen molar-refractivity contribution in [2.24, 2.45) is 0 Å². The summed E-state index contributed by atoms with van der Waals surface area (Å²) < 4.78 is 27.1. The molecule has 1 unspecified atom stereocenters. The lowest BCUT2D eigenvalue weighted by Gasteiger charge is -2.21. The Bertz CT molecular complexity index is 500. The van der Waals surface area contributed by atoms with Crippen LogP contribution in [0.3, 0.4) is 0 Å². The first-order chi connectivity index (χ1) is 8.00. The van der Waals surface area contributed by atoms with Crippen molar-refractivity contribution in [1.82, 2.24) is 5.32 Å². The Morgan fingerprint density at radius 3 is 2.59 bits per heavy atom. The molecule has 1 aliphatic heterocycles. The van der Waals surface area contributed by atoms with Crippen molar-refractivity contribution in [1.29, 1.82) is 0 Å². The minimum Gasteiger partial charge on any atom is -0.296 e. The van der Waals surface area contributed by atoms with Gasteiger partial charge in [-0.1, -0.05) is 12.1 Å². The van der Waals surface area contributed by atoms with Crippen LogP contribution in [0.25, 0.3) is 0 Å². The Hall–Kier alpha value is -1.78. The standard InChI is InChI=1S/C12H11F2NO2/c1-6-2-3-7(11(14)10(6)13)8-4-5-9(16)15-12(8)17/h2-3,8H,4-5H2,1H3,(H,15,16,17). The number of carbonyl (C=O) groups excluding carboxylic acids is 2. The molecule has 0 saturated carbocycles. The first kappa shape index (κ1) is 11.7. The van der Waals surface area contributed by atoms with E-state index in [-0.39, 0.29) is 29.9 Å². The van der Waals surface area contributed by atoms with Crippen LogP contribution in [0.2, 0.25) is 0 Å². The van der Waals surface area contributed by atoms with Gasteiger partial charge in [-0.2, -0.15) is 0 Å². The largest absolute Gasteiger partial charge is 0.296 e. The highest BCUT2D eigenvalue weighted by molar-refractivity contribution is 6.00. The van der Waals surface area contributed by atoms with Gasteiger partial charge >= 0.3 is 0 Å². The molecule has 5 heteroatoms. The van der Waals surface area contributed by atoms with Crippen molar-refractivity contribution >= 4 is 11.8 Å². The Balaban J connectivity index is 2.38. The molecule has 1 fully saturated rings. The fourth-order valence-electron chi connectivity index (χ4n) is 1.92. The van der Waals surface area contributed by atoms with Gasteiger partial charge in [0.05, 0.1) is 5.92 Å². The maximum Gasteiger partial charge on any atom is 0.234 e. The Morgan fingerprint density at radius 2 is 1.94 bits per heavy atom. The van der Waals surface area contributed by atoms with Gasteiger partial charge in [0.2, 0.25) is 11.8 Å². The summed E-state index contributed by atoms with van der Waals surface area (Å²) in [5.41, 5.74) is 0.205. The fourth-order valence-corrected chi connectivity index (χ4v) is 1.92. The van der Waals surface area contributed by atoms with Gasteiger partial charge in [-0.15, -0.1) is 0 Å². The smallest absolute Gasteiger partial charge is 0.234 e. The maximum absolute atomic E-state index is 13.7. The molecule has 2 rings (SSSR count). The highest BCUT2D eigenvalue weighted by atomic mass is 19.2. The Morgan fingerprint density at radius 1 is 1.24 bits per heavy atom. The molecule has 0 radical (unpaired) electrons. The van der Waals surface area contributed by atoms with Gasteiger partial charge in [-0.3, -0.25) is 14.9 Å². The first-order valence-corrected chi connectivity index (χ1v) is 5.29. The van der Waals surface area contributed by atoms with Crippen molar-refractivity contribution in [2.45, 2.75) is 25.7 Å². The third-order valence-electron chi connectivity index (χ3n) is 2.92. The number of halogens is 2. The van der Waals surface area contributed by atoms with Crippen LogP contribution in [0.1, 0.15) is 29.9 Å². The van der Waals surface area contributed by atoms with E-state index in [4.69, 9.17) is 0 Å². The third-order valence-corrected chi connectivity index (χ3v) is 2.92. The van der Waals surface area contributed by atoms with Crippen LogP contribution in [0, 0.1) is 18.6 Å². The number of rotatable bonds is 1. The van der Waals surface area contributed by atoms with Gasteiger partial charge in [0.15, 0.2) is 11.6 Å². The summed E-state index contributed by atoms with van der Waals surface area (Å²) in [6, 6.07) is 2.82. The predicted molar refractivity (Wildman–Crippen MR) is 56.2 cm³/mol. The summed E-state index contributed by atoms with van der Waals surface area (Å²) in [6.45, 7) is 1.45. The molecule has 2 amide bonds. The van der Waals surface area contributed by atoms with Gasteiger partial charge in [-0.05, 0) is 18.9 Å². The van der Waals surface area contributed by atoms with Gasteiger partial charge in [0, 0.05) is 12.0 Å². The molecular weight excluding hydrogens is 228 g/mol. The van der Waals surface area contributed by atoms with Gasteiger partial charge in [0.25, 0.3) is 0 Å². The summed E-state index contributed by atoms with van der Waals surface area (Å²) in [5, 5.41) is 2.12. The molecule has 0 bridgehead atoms. The highest BCUT2D eigenvalue weighted by Crippen LogP contribution is 2.28. The van der Waals surface area contributed by atoms with Gasteiger partial charge in [-0.25, -0.2) is 8.78 Å². The Labute approximate surface area is 96.8 Å². The van der Waals surface area contributed by atoms with E-state index in [0.717, 1.165) is 0 Å². The van der Waals surface area contributed by atoms with Crippen LogP contribution in [0.4, 0.5) is 8.78 Å². The fraction of sp³-hybridized carbons (Fsp3) is 0.333. The number of piperidine rings is 1. The minimum absolute atomic E-state index is 0.0121. The zero-order valence-electron chi connectivity index (χ0n) is 9.22. The van der Waals surface area contributed by atoms with E-state index in [1.165, 1.54) is 19.1 Å². The monoisotopic (exact) mass is 239 g/mol. The van der Waals surface area contributed by atoms with Crippen LogP contribution >= 0.6 is 0 Å². The number of aryl methyl sites for hydroxylation is 1. The maximum atomic E-state index is 13.7. The van der Waals surface area contributed by atoms with Crippen LogP contribution < -0.4 is 5.32 Å². The normalized spacial score (nSPS) is 20.3. The topological polar surface area (TPSA) is 46.2 Å². The summed E-state index contributed by atoms with van der Waals surface area (Å²) in [5.74, 6) is -3.67. The van der Waals surface area contributed by atoms with Crippen LogP contribution in [-0.4, -0.2) is 11.8 Å². The van der Waals surface area contributed by atoms with E-state index >= 15 is 0 Å². The second kappa shape index (κ2) is 4.24. The molecule has 17 heavy (non-hydrogen) atoms. The van der Waals surface area contributed by atoms with Crippen molar-refractivity contribution in [3.8, 4) is 0 Å². The van der Waals surface area contributed by atoms with Crippen molar-refractivity contribution < 1.29 is 18.4 Å². The zero-order valence-corrected chi connectivity index (χ0v) is 9.22. The van der Waals surface area contributed by atoms with Gasteiger partial charge in [0.1, 0.15) is 0 Å². The molecule has 0 spiro atoms. The first-order valence-electron chi connectivity index (χ1n) is 5.29. The van der Waals surface area contributed by atoms with Crippen molar-refractivity contribution in [3.63, 3.8) is 0 Å². The van der Waals surface area contributed by atoms with E-state index in [2.05, 4.69) is 5.32 Å². The number of hydrogen-bond donors (Lipinski definition) is 1. The average Bonchev–Trinajstić information content (AvgIpc) is 2.28. The molecule has 1 N–H and O–H groups in total. The minimum atomic E-state index is -1.00. The van der Waals surface area contributed by atoms with E-state index in [1.54, 1.807) is 0 Å². The summed E-state index contributed by atoms with van der Waals surface area (Å²) in [7, 11) is 0. The number of imide groups is 1. The summed E-state index contributed by atoms with van der Waals surface area (Å²) in [6.07, 6.45) is 0.357. The molecule has 90 valence electrons. The van der Waals surface area contributed by atoms with Crippen LogP contribution in [0.5, 0.6) is 0 Å². The quantitative estimate of drug-likeness (QED) is 0.759. The van der Waals surface area contributed by atoms with Crippen molar-refractivity contribution in [2.75, 3.05) is 0 Å². The molecule has 1 aromatic carbocycles. The SMILES string of the molecule is Cc1ccc(C2CCC(=O)NC2=O)c(F)c1F. The lowest BCUT2D eigenvalue weighted by atomic mass is 9.89. The van der Waals surface area contributed by atoms with Crippen molar-refractivity contribution in [3.05, 3.63) is 34.9 Å². The molecule has 1 aromatic rings. The predicted octanol–water partition coefficient (Wildman–Crippen LogP) is 1.79. The average molecular weight is 239 g/mol. The highest BCUT2D eigenvalue weighted by Gasteiger charge is 2.30. The second-order valence-electron chi connectivity index (χ2n) is 4.10. The molecule has 1 heterocycles. The van der Waals surface area contributed by atoms with E-state index in [0.29, 0.717) is 0 Å². The Kier molecular flexibility index (Phi) is 2.92. The summed E-state index contributed by atoms with van der Waals surface area (Å²) >= 11 is 0. The molecule has 0 aliphatic carbocycles. The van der Waals surface area contributed by atoms with E-state index < -0.39 is 23.5 Å². The zero-order chi connectivity index (χ0) is 12.6. The lowest BCUT2D eigenvalue weighted by molar-refractivity contribution is -0.134. The number of hydrogen-bond acceptors (Lipinski definition) is 2. The molecule has 1 atom stereocenters. The number of amides is 2. The molecular formula is C12H11F2NO2. The van der Waals surface area contributed by atoms with E-state index in [1.807, 2.05) is 0 Å². The van der Waals surface area contributed by atoms with E-state index in [9.17, 15) is 18.4 Å².